The lowest BCUT2D eigenvalue weighted by Crippen LogP contribution is -2.21. The summed E-state index contributed by atoms with van der Waals surface area (Å²) in [5, 5.41) is 2.25. The molecular weight excluding hydrogens is 365 g/mol. The molecule has 0 unspecified atom stereocenters. The summed E-state index contributed by atoms with van der Waals surface area (Å²) >= 11 is 0. The molecule has 0 aliphatic rings. The van der Waals surface area contributed by atoms with Gasteiger partial charge in [-0.1, -0.05) is 48.5 Å². The molecule has 2 heterocycles. The number of halogens is 1. The van der Waals surface area contributed by atoms with Crippen molar-refractivity contribution in [1.29, 1.82) is 0 Å². The van der Waals surface area contributed by atoms with Gasteiger partial charge in [-0.25, -0.2) is 9.37 Å². The van der Waals surface area contributed by atoms with E-state index < -0.39 is 0 Å². The van der Waals surface area contributed by atoms with Crippen molar-refractivity contribution in [2.75, 3.05) is 0 Å². The second-order valence-corrected chi connectivity index (χ2v) is 6.92. The Kier molecular flexibility index (Phi) is 4.13. The number of aromatic nitrogens is 3. The molecule has 0 N–H and O–H groups in total. The standard InChI is InChI=1S/C24H16FN3O/c25-21-12-19(18-6-5-16-3-1-2-4-17(16)11-18)7-8-20(21)15-28-23-13-26-10-9-22(23)27-14-24(28)29/h1-14H,15H2. The number of rotatable bonds is 3. The maximum atomic E-state index is 14.9. The quantitative estimate of drug-likeness (QED) is 0.451. The SMILES string of the molecule is O=c1cnc2ccncc2n1Cc1ccc(-c2ccc3ccccc3c2)cc1F. The Hall–Kier alpha value is -3.86. The van der Waals surface area contributed by atoms with Crippen LogP contribution in [0.4, 0.5) is 4.39 Å². The monoisotopic (exact) mass is 381 g/mol. The minimum absolute atomic E-state index is 0.118. The highest BCUT2D eigenvalue weighted by Gasteiger charge is 2.10. The molecule has 0 bridgehead atoms. The van der Waals surface area contributed by atoms with Crippen molar-refractivity contribution in [3.63, 3.8) is 0 Å². The van der Waals surface area contributed by atoms with Crippen LogP contribution in [0.1, 0.15) is 5.56 Å². The van der Waals surface area contributed by atoms with E-state index in [-0.39, 0.29) is 17.9 Å². The van der Waals surface area contributed by atoms with Gasteiger partial charge in [-0.15, -0.1) is 0 Å². The van der Waals surface area contributed by atoms with Crippen LogP contribution < -0.4 is 5.56 Å². The van der Waals surface area contributed by atoms with E-state index in [4.69, 9.17) is 0 Å². The Balaban J connectivity index is 1.53. The lowest BCUT2D eigenvalue weighted by molar-refractivity contribution is 0.599. The number of benzene rings is 3. The fourth-order valence-corrected chi connectivity index (χ4v) is 3.57. The Morgan fingerprint density at radius 1 is 0.862 bits per heavy atom. The second-order valence-electron chi connectivity index (χ2n) is 6.92. The smallest absolute Gasteiger partial charge is 0.269 e. The summed E-state index contributed by atoms with van der Waals surface area (Å²) in [6.07, 6.45) is 4.44. The molecule has 0 atom stereocenters. The molecule has 3 aromatic carbocycles. The van der Waals surface area contributed by atoms with E-state index in [2.05, 4.69) is 22.1 Å². The van der Waals surface area contributed by atoms with Gasteiger partial charge in [0.2, 0.25) is 0 Å². The van der Waals surface area contributed by atoms with Crippen LogP contribution in [-0.4, -0.2) is 14.5 Å². The molecule has 5 rings (SSSR count). The van der Waals surface area contributed by atoms with Crippen LogP contribution in [0.25, 0.3) is 32.9 Å². The van der Waals surface area contributed by atoms with Crippen LogP contribution in [0.2, 0.25) is 0 Å². The van der Waals surface area contributed by atoms with Crippen LogP contribution in [0.15, 0.2) is 90.1 Å². The van der Waals surface area contributed by atoms with Gasteiger partial charge in [0.1, 0.15) is 5.82 Å². The third-order valence-corrected chi connectivity index (χ3v) is 5.11. The second kappa shape index (κ2) is 6.95. The summed E-state index contributed by atoms with van der Waals surface area (Å²) in [6.45, 7) is 0.118. The van der Waals surface area contributed by atoms with E-state index in [1.807, 2.05) is 36.4 Å². The highest BCUT2D eigenvalue weighted by atomic mass is 19.1. The number of fused-ring (bicyclic) bond motifs is 2. The number of hydrogen-bond acceptors (Lipinski definition) is 3. The predicted molar refractivity (Wildman–Crippen MR) is 112 cm³/mol. The van der Waals surface area contributed by atoms with E-state index >= 15 is 0 Å². The summed E-state index contributed by atoms with van der Waals surface area (Å²) in [4.78, 5) is 20.5. The minimum atomic E-state index is -0.351. The molecule has 5 heteroatoms. The lowest BCUT2D eigenvalue weighted by atomic mass is 10.00. The van der Waals surface area contributed by atoms with Gasteiger partial charge in [0.15, 0.2) is 0 Å². The third-order valence-electron chi connectivity index (χ3n) is 5.11. The fourth-order valence-electron chi connectivity index (χ4n) is 3.57. The Labute approximate surface area is 165 Å². The first-order chi connectivity index (χ1) is 14.2. The van der Waals surface area contributed by atoms with E-state index in [0.717, 1.165) is 21.9 Å². The predicted octanol–water partition coefficient (Wildman–Crippen LogP) is 4.80. The molecule has 0 saturated carbocycles. The first-order valence-corrected chi connectivity index (χ1v) is 9.26. The molecule has 0 aliphatic heterocycles. The molecule has 4 nitrogen and oxygen atoms in total. The zero-order chi connectivity index (χ0) is 19.8. The summed E-state index contributed by atoms with van der Waals surface area (Å²) in [7, 11) is 0. The third kappa shape index (κ3) is 3.17. The summed E-state index contributed by atoms with van der Waals surface area (Å²) in [5.41, 5.74) is 3.12. The summed E-state index contributed by atoms with van der Waals surface area (Å²) in [5.74, 6) is -0.351. The highest BCUT2D eigenvalue weighted by Crippen LogP contribution is 2.26. The van der Waals surface area contributed by atoms with E-state index in [9.17, 15) is 9.18 Å². The first-order valence-electron chi connectivity index (χ1n) is 9.26. The fraction of sp³-hybridized carbons (Fsp3) is 0.0417. The number of pyridine rings is 1. The van der Waals surface area contributed by atoms with Gasteiger partial charge in [-0.3, -0.25) is 14.3 Å². The maximum Gasteiger partial charge on any atom is 0.269 e. The van der Waals surface area contributed by atoms with Gasteiger partial charge in [0, 0.05) is 11.8 Å². The van der Waals surface area contributed by atoms with Crippen molar-refractivity contribution in [3.05, 3.63) is 107 Å². The highest BCUT2D eigenvalue weighted by molar-refractivity contribution is 5.87. The molecule has 0 amide bonds. The molecular formula is C24H16FN3O. The Morgan fingerprint density at radius 2 is 1.66 bits per heavy atom. The van der Waals surface area contributed by atoms with Crippen LogP contribution in [0.5, 0.6) is 0 Å². The van der Waals surface area contributed by atoms with Crippen molar-refractivity contribution in [3.8, 4) is 11.1 Å². The van der Waals surface area contributed by atoms with Gasteiger partial charge < -0.3 is 0 Å². The van der Waals surface area contributed by atoms with E-state index in [1.54, 1.807) is 24.5 Å². The summed E-state index contributed by atoms with van der Waals surface area (Å²) < 4.78 is 16.4. The van der Waals surface area contributed by atoms with Crippen LogP contribution in [0, 0.1) is 5.82 Å². The number of hydrogen-bond donors (Lipinski definition) is 0. The van der Waals surface area contributed by atoms with Gasteiger partial charge in [0.25, 0.3) is 5.56 Å². The zero-order valence-electron chi connectivity index (χ0n) is 15.4. The van der Waals surface area contributed by atoms with Crippen molar-refractivity contribution in [1.82, 2.24) is 14.5 Å². The van der Waals surface area contributed by atoms with E-state index in [0.29, 0.717) is 16.6 Å². The van der Waals surface area contributed by atoms with Gasteiger partial charge in [-0.2, -0.15) is 0 Å². The Morgan fingerprint density at radius 3 is 2.52 bits per heavy atom. The van der Waals surface area contributed by atoms with Crippen LogP contribution in [0.3, 0.4) is 0 Å². The molecule has 0 radical (unpaired) electrons. The van der Waals surface area contributed by atoms with Crippen LogP contribution in [-0.2, 0) is 6.54 Å². The normalized spacial score (nSPS) is 11.2. The molecule has 0 spiro atoms. The molecule has 29 heavy (non-hydrogen) atoms. The zero-order valence-corrected chi connectivity index (χ0v) is 15.4. The first kappa shape index (κ1) is 17.3. The van der Waals surface area contributed by atoms with E-state index in [1.165, 1.54) is 16.8 Å². The lowest BCUT2D eigenvalue weighted by Gasteiger charge is -2.11. The molecule has 0 saturated heterocycles. The van der Waals surface area contributed by atoms with Gasteiger partial charge >= 0.3 is 0 Å². The average molecular weight is 381 g/mol. The Bertz CT molecular complexity index is 1430. The largest absolute Gasteiger partial charge is 0.299 e. The van der Waals surface area contributed by atoms with Gasteiger partial charge in [0.05, 0.1) is 30.0 Å². The van der Waals surface area contributed by atoms with Crippen molar-refractivity contribution >= 4 is 21.8 Å². The molecule has 0 aliphatic carbocycles. The molecule has 5 aromatic rings. The molecule has 2 aromatic heterocycles. The maximum absolute atomic E-state index is 14.9. The van der Waals surface area contributed by atoms with Crippen molar-refractivity contribution in [2.45, 2.75) is 6.54 Å². The number of nitrogens with zero attached hydrogens (tertiary/aromatic N) is 3. The van der Waals surface area contributed by atoms with Gasteiger partial charge in [-0.05, 0) is 40.1 Å². The van der Waals surface area contributed by atoms with Crippen molar-refractivity contribution in [2.24, 2.45) is 0 Å². The molecule has 0 fully saturated rings. The molecule has 140 valence electrons. The van der Waals surface area contributed by atoms with Crippen LogP contribution >= 0.6 is 0 Å². The average Bonchev–Trinajstić information content (AvgIpc) is 2.76. The summed E-state index contributed by atoms with van der Waals surface area (Å²) in [6, 6.07) is 21.0. The topological polar surface area (TPSA) is 47.8 Å². The minimum Gasteiger partial charge on any atom is -0.299 e. The van der Waals surface area contributed by atoms with Crippen molar-refractivity contribution < 1.29 is 4.39 Å².